The fourth-order valence-corrected chi connectivity index (χ4v) is 2.72. The number of aryl methyl sites for hydroxylation is 1. The smallest absolute Gasteiger partial charge is 0.135 e. The first-order valence-electron chi connectivity index (χ1n) is 7.42. The summed E-state index contributed by atoms with van der Waals surface area (Å²) in [5.41, 5.74) is 3.33. The molecule has 0 spiro atoms. The van der Waals surface area contributed by atoms with E-state index in [-0.39, 0.29) is 12.4 Å². The summed E-state index contributed by atoms with van der Waals surface area (Å²) in [6.07, 6.45) is 0. The van der Waals surface area contributed by atoms with Gasteiger partial charge in [-0.2, -0.15) is 0 Å². The minimum Gasteiger partial charge on any atom is -0.460 e. The van der Waals surface area contributed by atoms with Crippen LogP contribution in [-0.2, 0) is 13.1 Å². The van der Waals surface area contributed by atoms with Gasteiger partial charge < -0.3 is 9.73 Å². The molecule has 24 heavy (non-hydrogen) atoms. The Bertz CT molecular complexity index is 797. The summed E-state index contributed by atoms with van der Waals surface area (Å²) in [4.78, 5) is 0. The quantitative estimate of drug-likeness (QED) is 0.562. The van der Waals surface area contributed by atoms with Crippen molar-refractivity contribution in [1.29, 1.82) is 0 Å². The summed E-state index contributed by atoms with van der Waals surface area (Å²) in [6.45, 7) is 3.54. The lowest BCUT2D eigenvalue weighted by Gasteiger charge is -2.04. The molecule has 3 rings (SSSR count). The van der Waals surface area contributed by atoms with Gasteiger partial charge in [0.05, 0.1) is 11.6 Å². The number of hydrogen-bond acceptors (Lipinski definition) is 2. The SMILES string of the molecule is Cc1ccc(CNCc2ccc(-c3cc(Cl)ccc3Cl)o2)cc1.Cl. The van der Waals surface area contributed by atoms with Gasteiger partial charge in [-0.25, -0.2) is 0 Å². The Hall–Kier alpha value is -1.45. The largest absolute Gasteiger partial charge is 0.460 e. The van der Waals surface area contributed by atoms with Gasteiger partial charge in [-0.15, -0.1) is 12.4 Å². The molecule has 2 nitrogen and oxygen atoms in total. The third-order valence-corrected chi connectivity index (χ3v) is 4.17. The van der Waals surface area contributed by atoms with Crippen molar-refractivity contribution in [2.75, 3.05) is 0 Å². The highest BCUT2D eigenvalue weighted by Gasteiger charge is 2.09. The average Bonchev–Trinajstić information content (AvgIpc) is 3.00. The standard InChI is InChI=1S/C19H17Cl2NO.ClH/c1-13-2-4-14(5-3-13)11-22-12-16-7-9-19(23-16)17-10-15(20)6-8-18(17)21;/h2-10,22H,11-12H2,1H3;1H. The first-order valence-corrected chi connectivity index (χ1v) is 8.18. The van der Waals surface area contributed by atoms with Crippen LogP contribution in [0.5, 0.6) is 0 Å². The van der Waals surface area contributed by atoms with Gasteiger partial charge in [0.15, 0.2) is 0 Å². The first-order chi connectivity index (χ1) is 11.1. The van der Waals surface area contributed by atoms with Gasteiger partial charge >= 0.3 is 0 Å². The summed E-state index contributed by atoms with van der Waals surface area (Å²) < 4.78 is 5.86. The number of rotatable bonds is 5. The molecule has 0 amide bonds. The molecule has 0 saturated carbocycles. The summed E-state index contributed by atoms with van der Waals surface area (Å²) in [6, 6.07) is 17.7. The van der Waals surface area contributed by atoms with E-state index in [9.17, 15) is 0 Å². The minimum absolute atomic E-state index is 0. The first kappa shape index (κ1) is 18.9. The molecule has 0 aliphatic heterocycles. The lowest BCUT2D eigenvalue weighted by Crippen LogP contribution is -2.11. The van der Waals surface area contributed by atoms with Crippen molar-refractivity contribution in [2.24, 2.45) is 0 Å². The zero-order valence-electron chi connectivity index (χ0n) is 13.2. The number of nitrogens with one attached hydrogen (secondary N) is 1. The molecule has 126 valence electrons. The summed E-state index contributed by atoms with van der Waals surface area (Å²) in [5, 5.41) is 4.64. The molecular formula is C19H18Cl3NO. The van der Waals surface area contributed by atoms with Crippen LogP contribution in [0.4, 0.5) is 0 Å². The highest BCUT2D eigenvalue weighted by atomic mass is 35.5. The Labute approximate surface area is 158 Å². The van der Waals surface area contributed by atoms with Crippen molar-refractivity contribution in [3.63, 3.8) is 0 Å². The van der Waals surface area contributed by atoms with Gasteiger partial charge in [0.25, 0.3) is 0 Å². The topological polar surface area (TPSA) is 25.2 Å². The van der Waals surface area contributed by atoms with Crippen LogP contribution in [0.25, 0.3) is 11.3 Å². The van der Waals surface area contributed by atoms with E-state index in [1.54, 1.807) is 12.1 Å². The van der Waals surface area contributed by atoms with Gasteiger partial charge in [0, 0.05) is 17.1 Å². The Balaban J connectivity index is 0.00000208. The number of halogens is 3. The number of benzene rings is 2. The molecule has 0 unspecified atom stereocenters. The lowest BCUT2D eigenvalue weighted by atomic mass is 10.1. The predicted molar refractivity (Wildman–Crippen MR) is 103 cm³/mol. The van der Waals surface area contributed by atoms with Crippen LogP contribution >= 0.6 is 35.6 Å². The van der Waals surface area contributed by atoms with Crippen LogP contribution in [0.1, 0.15) is 16.9 Å². The fourth-order valence-electron chi connectivity index (χ4n) is 2.34. The van der Waals surface area contributed by atoms with E-state index in [0.717, 1.165) is 23.6 Å². The molecule has 0 radical (unpaired) electrons. The molecule has 0 bridgehead atoms. The zero-order chi connectivity index (χ0) is 16.2. The van der Waals surface area contributed by atoms with E-state index in [0.29, 0.717) is 16.6 Å². The maximum Gasteiger partial charge on any atom is 0.135 e. The third kappa shape index (κ3) is 4.78. The second-order valence-corrected chi connectivity index (χ2v) is 6.32. The zero-order valence-corrected chi connectivity index (χ0v) is 15.5. The Morgan fingerprint density at radius 1 is 0.917 bits per heavy atom. The molecule has 5 heteroatoms. The van der Waals surface area contributed by atoms with Crippen LogP contribution in [-0.4, -0.2) is 0 Å². The molecule has 0 fully saturated rings. The van der Waals surface area contributed by atoms with Crippen LogP contribution in [0.3, 0.4) is 0 Å². The maximum atomic E-state index is 6.20. The van der Waals surface area contributed by atoms with Crippen molar-refractivity contribution in [2.45, 2.75) is 20.0 Å². The molecule has 0 atom stereocenters. The summed E-state index contributed by atoms with van der Waals surface area (Å²) in [7, 11) is 0. The molecule has 1 heterocycles. The summed E-state index contributed by atoms with van der Waals surface area (Å²) >= 11 is 12.2. The highest BCUT2D eigenvalue weighted by Crippen LogP contribution is 2.31. The van der Waals surface area contributed by atoms with E-state index in [2.05, 4.69) is 36.5 Å². The van der Waals surface area contributed by atoms with Crippen molar-refractivity contribution in [3.8, 4) is 11.3 Å². The van der Waals surface area contributed by atoms with Gasteiger partial charge in [-0.3, -0.25) is 0 Å². The monoisotopic (exact) mass is 381 g/mol. The number of hydrogen-bond donors (Lipinski definition) is 1. The third-order valence-electron chi connectivity index (χ3n) is 3.60. The molecule has 0 aliphatic carbocycles. The highest BCUT2D eigenvalue weighted by molar-refractivity contribution is 6.35. The van der Waals surface area contributed by atoms with Gasteiger partial charge in [-0.05, 0) is 42.8 Å². The van der Waals surface area contributed by atoms with E-state index < -0.39 is 0 Å². The van der Waals surface area contributed by atoms with Gasteiger partial charge in [0.2, 0.25) is 0 Å². The van der Waals surface area contributed by atoms with Gasteiger partial charge in [0.1, 0.15) is 11.5 Å². The molecule has 2 aromatic carbocycles. The normalized spacial score (nSPS) is 10.5. The lowest BCUT2D eigenvalue weighted by molar-refractivity contribution is 0.493. The Morgan fingerprint density at radius 2 is 1.67 bits per heavy atom. The average molecular weight is 383 g/mol. The maximum absolute atomic E-state index is 6.20. The number of furan rings is 1. The fraction of sp³-hybridized carbons (Fsp3) is 0.158. The Morgan fingerprint density at radius 3 is 2.42 bits per heavy atom. The van der Waals surface area contributed by atoms with E-state index >= 15 is 0 Å². The molecule has 3 aromatic rings. The van der Waals surface area contributed by atoms with Crippen molar-refractivity contribution in [1.82, 2.24) is 5.32 Å². The van der Waals surface area contributed by atoms with Crippen molar-refractivity contribution < 1.29 is 4.42 Å². The second-order valence-electron chi connectivity index (χ2n) is 5.48. The minimum atomic E-state index is 0. The van der Waals surface area contributed by atoms with Crippen molar-refractivity contribution >= 4 is 35.6 Å². The van der Waals surface area contributed by atoms with E-state index in [1.165, 1.54) is 11.1 Å². The molecule has 1 aromatic heterocycles. The molecule has 0 aliphatic rings. The van der Waals surface area contributed by atoms with Crippen LogP contribution in [0.15, 0.2) is 59.0 Å². The van der Waals surface area contributed by atoms with Crippen LogP contribution in [0.2, 0.25) is 10.0 Å². The van der Waals surface area contributed by atoms with E-state index in [4.69, 9.17) is 27.6 Å². The summed E-state index contributed by atoms with van der Waals surface area (Å²) in [5.74, 6) is 1.59. The van der Waals surface area contributed by atoms with Gasteiger partial charge in [-0.1, -0.05) is 53.0 Å². The van der Waals surface area contributed by atoms with Crippen LogP contribution in [0, 0.1) is 6.92 Å². The van der Waals surface area contributed by atoms with Crippen LogP contribution < -0.4 is 5.32 Å². The molecule has 1 N–H and O–H groups in total. The van der Waals surface area contributed by atoms with Crippen molar-refractivity contribution in [3.05, 3.63) is 81.5 Å². The van der Waals surface area contributed by atoms with E-state index in [1.807, 2.05) is 18.2 Å². The Kier molecular flexibility index (Phi) is 6.76. The molecule has 0 saturated heterocycles. The predicted octanol–water partition coefficient (Wildman–Crippen LogP) is 6.27. The second kappa shape index (κ2) is 8.59. The molecular weight excluding hydrogens is 365 g/mol.